The maximum Gasteiger partial charge on any atom is 0.232 e. The smallest absolute Gasteiger partial charge is 0.232 e. The first-order valence-electron chi connectivity index (χ1n) is 4.92. The molecule has 3 heterocycles. The lowest BCUT2D eigenvalue weighted by molar-refractivity contribution is -0.115. The van der Waals surface area contributed by atoms with Crippen molar-refractivity contribution in [2.75, 3.05) is 5.32 Å². The van der Waals surface area contributed by atoms with Gasteiger partial charge in [-0.1, -0.05) is 0 Å². The molecule has 0 spiro atoms. The number of aromatic nitrogens is 3. The van der Waals surface area contributed by atoms with Crippen LogP contribution in [0.15, 0.2) is 29.4 Å². The molecule has 1 N–H and O–H groups in total. The first-order valence-corrected chi connectivity index (χ1v) is 6.67. The second-order valence-corrected chi connectivity index (χ2v) is 5.15. The molecule has 3 aromatic rings. The van der Waals surface area contributed by atoms with Gasteiger partial charge in [0.2, 0.25) is 5.91 Å². The Morgan fingerprint density at radius 3 is 3.12 bits per heavy atom. The van der Waals surface area contributed by atoms with Crippen LogP contribution in [0.3, 0.4) is 0 Å². The van der Waals surface area contributed by atoms with E-state index in [1.807, 2.05) is 27.6 Å². The Bertz CT molecular complexity index is 612. The van der Waals surface area contributed by atoms with Crippen molar-refractivity contribution < 1.29 is 4.79 Å². The molecule has 0 aliphatic rings. The van der Waals surface area contributed by atoms with Crippen LogP contribution in [0, 0.1) is 0 Å². The molecule has 5 nitrogen and oxygen atoms in total. The maximum atomic E-state index is 11.7. The number of thiazole rings is 2. The van der Waals surface area contributed by atoms with Crippen molar-refractivity contribution in [1.29, 1.82) is 0 Å². The fraction of sp³-hybridized carbons (Fsp3) is 0.100. The maximum absolute atomic E-state index is 11.7. The molecule has 0 saturated heterocycles. The molecule has 0 aliphatic heterocycles. The lowest BCUT2D eigenvalue weighted by Crippen LogP contribution is -2.14. The van der Waals surface area contributed by atoms with Gasteiger partial charge in [0.1, 0.15) is 0 Å². The highest BCUT2D eigenvalue weighted by molar-refractivity contribution is 7.15. The molecule has 0 unspecified atom stereocenters. The normalized spacial score (nSPS) is 10.8. The average molecular weight is 264 g/mol. The van der Waals surface area contributed by atoms with Gasteiger partial charge in [-0.15, -0.1) is 22.7 Å². The van der Waals surface area contributed by atoms with Crippen LogP contribution >= 0.6 is 22.7 Å². The van der Waals surface area contributed by atoms with Crippen molar-refractivity contribution in [1.82, 2.24) is 14.4 Å². The van der Waals surface area contributed by atoms with Gasteiger partial charge < -0.3 is 5.32 Å². The van der Waals surface area contributed by atoms with E-state index >= 15 is 0 Å². The lowest BCUT2D eigenvalue weighted by atomic mass is 10.3. The summed E-state index contributed by atoms with van der Waals surface area (Å²) in [6.07, 6.45) is 5.73. The number of hydrogen-bond acceptors (Lipinski definition) is 5. The van der Waals surface area contributed by atoms with E-state index in [0.717, 1.165) is 10.7 Å². The molecule has 0 bridgehead atoms. The molecule has 1 amide bonds. The summed E-state index contributed by atoms with van der Waals surface area (Å²) in [5.41, 5.74) is 0.769. The number of imidazole rings is 1. The predicted molar refractivity (Wildman–Crippen MR) is 67.5 cm³/mol. The van der Waals surface area contributed by atoms with Gasteiger partial charge in [-0.2, -0.15) is 0 Å². The highest BCUT2D eigenvalue weighted by Gasteiger charge is 2.09. The zero-order valence-electron chi connectivity index (χ0n) is 8.66. The molecule has 7 heteroatoms. The zero-order chi connectivity index (χ0) is 11.7. The number of nitrogens with one attached hydrogen (secondary N) is 1. The highest BCUT2D eigenvalue weighted by Crippen LogP contribution is 2.13. The Morgan fingerprint density at radius 1 is 1.41 bits per heavy atom. The van der Waals surface area contributed by atoms with Crippen molar-refractivity contribution >= 4 is 38.7 Å². The molecule has 3 aromatic heterocycles. The SMILES string of the molecule is O=C(Cc1cn2ccsc2n1)Nc1nccs1. The number of carbonyl (C=O) groups excluding carboxylic acids is 1. The third-order valence-corrected chi connectivity index (χ3v) is 3.62. The van der Waals surface area contributed by atoms with Gasteiger partial charge in [-0.25, -0.2) is 9.97 Å². The van der Waals surface area contributed by atoms with Gasteiger partial charge in [-0.05, 0) is 0 Å². The summed E-state index contributed by atoms with van der Waals surface area (Å²) in [4.78, 5) is 20.9. The number of nitrogens with zero attached hydrogens (tertiary/aromatic N) is 3. The Morgan fingerprint density at radius 2 is 2.35 bits per heavy atom. The van der Waals surface area contributed by atoms with Crippen LogP contribution in [0.2, 0.25) is 0 Å². The van der Waals surface area contributed by atoms with Crippen molar-refractivity contribution in [3.8, 4) is 0 Å². The van der Waals surface area contributed by atoms with Crippen molar-refractivity contribution in [2.45, 2.75) is 6.42 Å². The number of hydrogen-bond donors (Lipinski definition) is 1. The van der Waals surface area contributed by atoms with Gasteiger partial charge in [0, 0.05) is 29.4 Å². The molecule has 0 radical (unpaired) electrons. The van der Waals surface area contributed by atoms with Crippen LogP contribution in [0.4, 0.5) is 5.13 Å². The average Bonchev–Trinajstić information content (AvgIpc) is 2.92. The van der Waals surface area contributed by atoms with E-state index in [9.17, 15) is 4.79 Å². The van der Waals surface area contributed by atoms with Crippen LogP contribution < -0.4 is 5.32 Å². The fourth-order valence-electron chi connectivity index (χ4n) is 1.47. The summed E-state index contributed by atoms with van der Waals surface area (Å²) in [5, 5.41) is 7.13. The van der Waals surface area contributed by atoms with E-state index in [0.29, 0.717) is 5.13 Å². The molecule has 0 aromatic carbocycles. The Balaban J connectivity index is 1.70. The van der Waals surface area contributed by atoms with E-state index < -0.39 is 0 Å². The highest BCUT2D eigenvalue weighted by atomic mass is 32.1. The minimum atomic E-state index is -0.0919. The summed E-state index contributed by atoms with van der Waals surface area (Å²) in [5.74, 6) is -0.0919. The van der Waals surface area contributed by atoms with Crippen LogP contribution in [0.1, 0.15) is 5.69 Å². The molecule has 3 rings (SSSR count). The second-order valence-electron chi connectivity index (χ2n) is 3.39. The number of anilines is 1. The van der Waals surface area contributed by atoms with Gasteiger partial charge in [0.05, 0.1) is 12.1 Å². The van der Waals surface area contributed by atoms with Crippen LogP contribution in [0.5, 0.6) is 0 Å². The molecule has 86 valence electrons. The Hall–Kier alpha value is -1.73. The number of rotatable bonds is 3. The molecule has 0 atom stereocenters. The molecule has 0 saturated carbocycles. The van der Waals surface area contributed by atoms with Crippen LogP contribution in [-0.2, 0) is 11.2 Å². The minimum absolute atomic E-state index is 0.0919. The van der Waals surface area contributed by atoms with E-state index in [1.54, 1.807) is 17.5 Å². The first-order chi connectivity index (χ1) is 8.31. The second kappa shape index (κ2) is 4.27. The summed E-state index contributed by atoms with van der Waals surface area (Å²) in [6, 6.07) is 0. The zero-order valence-corrected chi connectivity index (χ0v) is 10.3. The van der Waals surface area contributed by atoms with Crippen LogP contribution in [-0.4, -0.2) is 20.3 Å². The third-order valence-electron chi connectivity index (χ3n) is 2.16. The lowest BCUT2D eigenvalue weighted by Gasteiger charge is -1.98. The van der Waals surface area contributed by atoms with Crippen molar-refractivity contribution in [3.05, 3.63) is 35.0 Å². The van der Waals surface area contributed by atoms with Gasteiger partial charge in [0.25, 0.3) is 0 Å². The number of amides is 1. The topological polar surface area (TPSA) is 59.3 Å². The van der Waals surface area contributed by atoms with E-state index in [-0.39, 0.29) is 12.3 Å². The fourth-order valence-corrected chi connectivity index (χ4v) is 2.74. The quantitative estimate of drug-likeness (QED) is 0.787. The van der Waals surface area contributed by atoms with Crippen LogP contribution in [0.25, 0.3) is 4.96 Å². The summed E-state index contributed by atoms with van der Waals surface area (Å²) < 4.78 is 1.91. The molecule has 0 aliphatic carbocycles. The Kier molecular flexibility index (Phi) is 2.62. The molecular formula is C10H8N4OS2. The molecule has 0 fully saturated rings. The first kappa shape index (κ1) is 10.4. The number of fused-ring (bicyclic) bond motifs is 1. The standard InChI is InChI=1S/C10H8N4OS2/c15-8(13-9-11-1-3-16-9)5-7-6-14-2-4-17-10(14)12-7/h1-4,6H,5H2,(H,11,13,15). The molecule has 17 heavy (non-hydrogen) atoms. The summed E-state index contributed by atoms with van der Waals surface area (Å²) >= 11 is 2.95. The third kappa shape index (κ3) is 2.20. The van der Waals surface area contributed by atoms with E-state index in [1.165, 1.54) is 11.3 Å². The molecular weight excluding hydrogens is 256 g/mol. The predicted octanol–water partition coefficient (Wildman–Crippen LogP) is 2.03. The van der Waals surface area contributed by atoms with Gasteiger partial charge in [0.15, 0.2) is 10.1 Å². The largest absolute Gasteiger partial charge is 0.302 e. The van der Waals surface area contributed by atoms with Gasteiger partial charge in [-0.3, -0.25) is 9.20 Å². The van der Waals surface area contributed by atoms with E-state index in [2.05, 4.69) is 15.3 Å². The van der Waals surface area contributed by atoms with Crippen molar-refractivity contribution in [2.24, 2.45) is 0 Å². The van der Waals surface area contributed by atoms with Gasteiger partial charge >= 0.3 is 0 Å². The Labute approximate surface area is 105 Å². The van der Waals surface area contributed by atoms with Crippen molar-refractivity contribution in [3.63, 3.8) is 0 Å². The number of carbonyl (C=O) groups is 1. The monoisotopic (exact) mass is 264 g/mol. The summed E-state index contributed by atoms with van der Waals surface area (Å²) in [6.45, 7) is 0. The summed E-state index contributed by atoms with van der Waals surface area (Å²) in [7, 11) is 0. The minimum Gasteiger partial charge on any atom is -0.302 e. The van der Waals surface area contributed by atoms with E-state index in [4.69, 9.17) is 0 Å².